The molecule has 1 heterocycles. The molecule has 0 unspecified atom stereocenters. The third kappa shape index (κ3) is 2.96. The van der Waals surface area contributed by atoms with Crippen molar-refractivity contribution in [3.05, 3.63) is 29.6 Å². The van der Waals surface area contributed by atoms with E-state index in [0.29, 0.717) is 0 Å². The van der Waals surface area contributed by atoms with Gasteiger partial charge >= 0.3 is 10.2 Å². The van der Waals surface area contributed by atoms with Gasteiger partial charge < -0.3 is 0 Å². The first-order chi connectivity index (χ1) is 5.47. The molecular formula is C7H8FNO2S. The van der Waals surface area contributed by atoms with E-state index in [-0.39, 0.29) is 5.69 Å². The Morgan fingerprint density at radius 2 is 2.25 bits per heavy atom. The predicted octanol–water partition coefficient (Wildman–Crippen LogP) is 1.19. The number of aryl methyl sites for hydroxylation is 1. The first kappa shape index (κ1) is 9.12. The molecule has 0 aliphatic rings. The van der Waals surface area contributed by atoms with E-state index >= 15 is 0 Å². The Labute approximate surface area is 70.5 Å². The van der Waals surface area contributed by atoms with Crippen LogP contribution in [0.1, 0.15) is 11.3 Å². The van der Waals surface area contributed by atoms with Crippen LogP contribution in [0.25, 0.3) is 0 Å². The van der Waals surface area contributed by atoms with Crippen molar-refractivity contribution in [1.82, 2.24) is 4.98 Å². The fourth-order valence-corrected chi connectivity index (χ4v) is 1.37. The van der Waals surface area contributed by atoms with E-state index < -0.39 is 16.0 Å². The van der Waals surface area contributed by atoms with Crippen LogP contribution in [-0.4, -0.2) is 13.4 Å². The summed E-state index contributed by atoms with van der Waals surface area (Å²) in [5, 5.41) is 0. The molecule has 5 heteroatoms. The Balaban J connectivity index is 2.91. The molecule has 0 aliphatic carbocycles. The molecule has 0 aliphatic heterocycles. The van der Waals surface area contributed by atoms with Gasteiger partial charge in [0.15, 0.2) is 0 Å². The highest BCUT2D eigenvalue weighted by Crippen LogP contribution is 2.05. The lowest BCUT2D eigenvalue weighted by Crippen LogP contribution is -1.98. The fraction of sp³-hybridized carbons (Fsp3) is 0.286. The molecule has 0 spiro atoms. The monoisotopic (exact) mass is 189 g/mol. The Bertz CT molecular complexity index is 375. The Hall–Kier alpha value is -0.970. The van der Waals surface area contributed by atoms with Gasteiger partial charge in [0, 0.05) is 6.20 Å². The highest BCUT2D eigenvalue weighted by molar-refractivity contribution is 7.85. The molecule has 0 saturated carbocycles. The van der Waals surface area contributed by atoms with Crippen LogP contribution in [0, 0.1) is 6.92 Å². The SMILES string of the molecule is Cc1ccnc(CS(=O)(=O)F)c1. The molecule has 1 aromatic rings. The number of rotatable bonds is 2. The number of hydrogen-bond acceptors (Lipinski definition) is 3. The van der Waals surface area contributed by atoms with Gasteiger partial charge in [0.25, 0.3) is 0 Å². The zero-order valence-electron chi connectivity index (χ0n) is 6.49. The van der Waals surface area contributed by atoms with Crippen molar-refractivity contribution in [3.63, 3.8) is 0 Å². The summed E-state index contributed by atoms with van der Waals surface area (Å²) >= 11 is 0. The van der Waals surface area contributed by atoms with E-state index in [9.17, 15) is 12.3 Å². The molecule has 66 valence electrons. The summed E-state index contributed by atoms with van der Waals surface area (Å²) < 4.78 is 32.5. The van der Waals surface area contributed by atoms with Gasteiger partial charge in [-0.2, -0.15) is 8.42 Å². The number of aromatic nitrogens is 1. The van der Waals surface area contributed by atoms with Gasteiger partial charge in [-0.1, -0.05) is 0 Å². The van der Waals surface area contributed by atoms with Crippen molar-refractivity contribution in [3.8, 4) is 0 Å². The van der Waals surface area contributed by atoms with Crippen molar-refractivity contribution in [2.24, 2.45) is 0 Å². The molecule has 0 fully saturated rings. The lowest BCUT2D eigenvalue weighted by atomic mass is 10.3. The molecule has 1 aromatic heterocycles. The van der Waals surface area contributed by atoms with E-state index in [1.165, 1.54) is 12.3 Å². The number of hydrogen-bond donors (Lipinski definition) is 0. The van der Waals surface area contributed by atoms with Crippen LogP contribution >= 0.6 is 0 Å². The van der Waals surface area contributed by atoms with Crippen LogP contribution in [0.2, 0.25) is 0 Å². The average Bonchev–Trinajstić information content (AvgIpc) is 1.82. The topological polar surface area (TPSA) is 47.0 Å². The maximum atomic E-state index is 12.1. The van der Waals surface area contributed by atoms with Crippen molar-refractivity contribution in [2.75, 3.05) is 0 Å². The second kappa shape index (κ2) is 3.18. The van der Waals surface area contributed by atoms with Crippen LogP contribution in [0.4, 0.5) is 3.89 Å². The number of halogens is 1. The quantitative estimate of drug-likeness (QED) is 0.656. The Kier molecular flexibility index (Phi) is 2.42. The summed E-state index contributed by atoms with van der Waals surface area (Å²) in [7, 11) is -4.46. The molecule has 0 amide bonds. The second-order valence-electron chi connectivity index (χ2n) is 2.51. The summed E-state index contributed by atoms with van der Waals surface area (Å²) in [5.74, 6) is -0.644. The molecule has 0 N–H and O–H groups in total. The zero-order chi connectivity index (χ0) is 9.19. The lowest BCUT2D eigenvalue weighted by Gasteiger charge is -1.96. The maximum Gasteiger partial charge on any atom is 0.308 e. The van der Waals surface area contributed by atoms with Gasteiger partial charge in [0.2, 0.25) is 0 Å². The first-order valence-electron chi connectivity index (χ1n) is 3.31. The minimum absolute atomic E-state index is 0.234. The van der Waals surface area contributed by atoms with Crippen molar-refractivity contribution in [1.29, 1.82) is 0 Å². The summed E-state index contributed by atoms with van der Waals surface area (Å²) in [5.41, 5.74) is 1.10. The average molecular weight is 189 g/mol. The van der Waals surface area contributed by atoms with Gasteiger partial charge in [0.05, 0.1) is 5.69 Å². The number of nitrogens with zero attached hydrogens (tertiary/aromatic N) is 1. The Morgan fingerprint density at radius 3 is 2.75 bits per heavy atom. The highest BCUT2D eigenvalue weighted by Gasteiger charge is 2.09. The number of pyridine rings is 1. The predicted molar refractivity (Wildman–Crippen MR) is 42.7 cm³/mol. The lowest BCUT2D eigenvalue weighted by molar-refractivity contribution is 0.550. The van der Waals surface area contributed by atoms with Gasteiger partial charge in [-0.05, 0) is 24.6 Å². The van der Waals surface area contributed by atoms with E-state index in [4.69, 9.17) is 0 Å². The van der Waals surface area contributed by atoms with E-state index in [2.05, 4.69) is 4.98 Å². The minimum atomic E-state index is -4.46. The highest BCUT2D eigenvalue weighted by atomic mass is 32.3. The van der Waals surface area contributed by atoms with Crippen LogP contribution in [-0.2, 0) is 16.0 Å². The third-order valence-corrected chi connectivity index (χ3v) is 1.93. The molecule has 0 radical (unpaired) electrons. The van der Waals surface area contributed by atoms with Gasteiger partial charge in [-0.25, -0.2) is 0 Å². The van der Waals surface area contributed by atoms with Crippen LogP contribution in [0.5, 0.6) is 0 Å². The molecule has 0 aromatic carbocycles. The normalized spacial score (nSPS) is 11.5. The minimum Gasteiger partial charge on any atom is -0.260 e. The zero-order valence-corrected chi connectivity index (χ0v) is 7.31. The summed E-state index contributed by atoms with van der Waals surface area (Å²) in [6.45, 7) is 1.79. The molecule has 0 saturated heterocycles. The van der Waals surface area contributed by atoms with Gasteiger partial charge in [-0.15, -0.1) is 3.89 Å². The van der Waals surface area contributed by atoms with E-state index in [1.807, 2.05) is 0 Å². The summed E-state index contributed by atoms with van der Waals surface area (Å²) in [6, 6.07) is 3.26. The smallest absolute Gasteiger partial charge is 0.260 e. The Morgan fingerprint density at radius 1 is 1.58 bits per heavy atom. The molecular weight excluding hydrogens is 181 g/mol. The van der Waals surface area contributed by atoms with Crippen molar-refractivity contribution < 1.29 is 12.3 Å². The molecule has 12 heavy (non-hydrogen) atoms. The summed E-state index contributed by atoms with van der Waals surface area (Å²) in [4.78, 5) is 3.71. The second-order valence-corrected chi connectivity index (χ2v) is 3.87. The van der Waals surface area contributed by atoms with Crippen molar-refractivity contribution >= 4 is 10.2 Å². The summed E-state index contributed by atoms with van der Waals surface area (Å²) in [6.07, 6.45) is 1.45. The first-order valence-corrected chi connectivity index (χ1v) is 4.86. The molecule has 0 bridgehead atoms. The standard InChI is InChI=1S/C7H8FNO2S/c1-6-2-3-9-7(4-6)5-12(8,10)11/h2-4H,5H2,1H3. The fourth-order valence-electron chi connectivity index (χ4n) is 0.854. The van der Waals surface area contributed by atoms with Crippen LogP contribution in [0.15, 0.2) is 18.3 Å². The maximum absolute atomic E-state index is 12.1. The van der Waals surface area contributed by atoms with E-state index in [0.717, 1.165) is 5.56 Å². The molecule has 3 nitrogen and oxygen atoms in total. The largest absolute Gasteiger partial charge is 0.308 e. The van der Waals surface area contributed by atoms with E-state index in [1.54, 1.807) is 13.0 Å². The van der Waals surface area contributed by atoms with Gasteiger partial charge in [0.1, 0.15) is 5.75 Å². The van der Waals surface area contributed by atoms with Crippen LogP contribution in [0.3, 0.4) is 0 Å². The van der Waals surface area contributed by atoms with Gasteiger partial charge in [-0.3, -0.25) is 4.98 Å². The van der Waals surface area contributed by atoms with Crippen molar-refractivity contribution in [2.45, 2.75) is 12.7 Å². The van der Waals surface area contributed by atoms with Crippen LogP contribution < -0.4 is 0 Å². The molecule has 1 rings (SSSR count). The third-order valence-electron chi connectivity index (χ3n) is 1.29. The molecule has 0 atom stereocenters.